The second kappa shape index (κ2) is 13.3. The van der Waals surface area contributed by atoms with Crippen molar-refractivity contribution in [2.45, 2.75) is 60.3 Å². The SMILES string of the molecule is CC.Cc1ccc(-c2ccc(-c3ccccc3C)c(C3CC3)c2)cc1.Cc1ccccc1-c1ccccc1C. The molecule has 1 aliphatic carbocycles. The zero-order valence-corrected chi connectivity index (χ0v) is 24.5. The van der Waals surface area contributed by atoms with Crippen molar-refractivity contribution in [1.29, 1.82) is 0 Å². The lowest BCUT2D eigenvalue weighted by Crippen LogP contribution is -1.91. The zero-order valence-electron chi connectivity index (χ0n) is 24.5. The number of benzene rings is 5. The molecule has 1 saturated carbocycles. The van der Waals surface area contributed by atoms with Crippen LogP contribution >= 0.6 is 0 Å². The van der Waals surface area contributed by atoms with Crippen molar-refractivity contribution in [3.05, 3.63) is 143 Å². The highest BCUT2D eigenvalue weighted by Crippen LogP contribution is 2.46. The molecule has 0 unspecified atom stereocenters. The van der Waals surface area contributed by atoms with Crippen molar-refractivity contribution >= 4 is 0 Å². The van der Waals surface area contributed by atoms with Gasteiger partial charge in [0, 0.05) is 0 Å². The van der Waals surface area contributed by atoms with Crippen LogP contribution in [0, 0.1) is 27.7 Å². The molecule has 0 N–H and O–H groups in total. The first kappa shape index (κ1) is 28.1. The van der Waals surface area contributed by atoms with Crippen molar-refractivity contribution in [3.8, 4) is 33.4 Å². The van der Waals surface area contributed by atoms with Gasteiger partial charge in [0.15, 0.2) is 0 Å². The molecule has 0 aromatic heterocycles. The molecule has 0 atom stereocenters. The summed E-state index contributed by atoms with van der Waals surface area (Å²) >= 11 is 0. The number of hydrogen-bond acceptors (Lipinski definition) is 0. The van der Waals surface area contributed by atoms with Gasteiger partial charge in [0.2, 0.25) is 0 Å². The Morgan fingerprint density at radius 2 is 0.846 bits per heavy atom. The molecule has 39 heavy (non-hydrogen) atoms. The van der Waals surface area contributed by atoms with Crippen molar-refractivity contribution in [2.75, 3.05) is 0 Å². The molecule has 0 aliphatic heterocycles. The van der Waals surface area contributed by atoms with E-state index < -0.39 is 0 Å². The highest BCUT2D eigenvalue weighted by molar-refractivity contribution is 5.76. The number of hydrogen-bond donors (Lipinski definition) is 0. The smallest absolute Gasteiger partial charge is 0.0146 e. The first-order valence-corrected chi connectivity index (χ1v) is 14.4. The molecule has 198 valence electrons. The second-order valence-electron chi connectivity index (χ2n) is 10.4. The fourth-order valence-electron chi connectivity index (χ4n) is 5.09. The van der Waals surface area contributed by atoms with Gasteiger partial charge in [-0.3, -0.25) is 0 Å². The topological polar surface area (TPSA) is 0 Å². The van der Waals surface area contributed by atoms with Gasteiger partial charge in [0.05, 0.1) is 0 Å². The molecule has 0 saturated heterocycles. The third-order valence-electron chi connectivity index (χ3n) is 7.47. The molecule has 5 aromatic rings. The summed E-state index contributed by atoms with van der Waals surface area (Å²) in [7, 11) is 0. The predicted octanol–water partition coefficient (Wildman–Crippen LogP) is 11.5. The maximum atomic E-state index is 2.42. The van der Waals surface area contributed by atoms with E-state index in [4.69, 9.17) is 0 Å². The van der Waals surface area contributed by atoms with E-state index in [2.05, 4.69) is 143 Å². The van der Waals surface area contributed by atoms with Crippen LogP contribution in [-0.2, 0) is 0 Å². The summed E-state index contributed by atoms with van der Waals surface area (Å²) in [6.45, 7) is 12.7. The van der Waals surface area contributed by atoms with Gasteiger partial charge >= 0.3 is 0 Å². The van der Waals surface area contributed by atoms with E-state index >= 15 is 0 Å². The van der Waals surface area contributed by atoms with Crippen LogP contribution in [0.2, 0.25) is 0 Å². The Bertz CT molecular complexity index is 1460. The molecule has 0 radical (unpaired) electrons. The molecular weight excluding hydrogens is 468 g/mol. The maximum Gasteiger partial charge on any atom is -0.0146 e. The van der Waals surface area contributed by atoms with E-state index in [0.29, 0.717) is 0 Å². The van der Waals surface area contributed by atoms with Crippen LogP contribution < -0.4 is 0 Å². The Hall–Kier alpha value is -3.90. The largest absolute Gasteiger partial charge is 0.0683 e. The van der Waals surface area contributed by atoms with Crippen LogP contribution in [0.1, 0.15) is 60.4 Å². The lowest BCUT2D eigenvalue weighted by Gasteiger charge is -2.14. The molecule has 0 spiro atoms. The van der Waals surface area contributed by atoms with Crippen molar-refractivity contribution in [2.24, 2.45) is 0 Å². The molecule has 5 aromatic carbocycles. The van der Waals surface area contributed by atoms with Gasteiger partial charge in [-0.25, -0.2) is 0 Å². The Kier molecular flexibility index (Phi) is 9.55. The number of rotatable bonds is 4. The molecular formula is C39H42. The summed E-state index contributed by atoms with van der Waals surface area (Å²) in [6.07, 6.45) is 2.66. The highest BCUT2D eigenvalue weighted by Gasteiger charge is 2.27. The summed E-state index contributed by atoms with van der Waals surface area (Å²) in [4.78, 5) is 0. The summed E-state index contributed by atoms with van der Waals surface area (Å²) in [5.41, 5.74) is 15.0. The van der Waals surface area contributed by atoms with E-state index in [0.717, 1.165) is 5.92 Å². The molecule has 0 bridgehead atoms. The van der Waals surface area contributed by atoms with Crippen LogP contribution in [0.5, 0.6) is 0 Å². The van der Waals surface area contributed by atoms with Gasteiger partial charge in [-0.05, 0) is 102 Å². The average molecular weight is 511 g/mol. The molecule has 0 heterocycles. The first-order chi connectivity index (χ1) is 19.0. The third-order valence-corrected chi connectivity index (χ3v) is 7.47. The highest BCUT2D eigenvalue weighted by atomic mass is 14.3. The summed E-state index contributed by atoms with van der Waals surface area (Å²) in [5, 5.41) is 0. The Morgan fingerprint density at radius 1 is 0.436 bits per heavy atom. The second-order valence-corrected chi connectivity index (χ2v) is 10.4. The lowest BCUT2D eigenvalue weighted by molar-refractivity contribution is 1.13. The predicted molar refractivity (Wildman–Crippen MR) is 171 cm³/mol. The normalized spacial score (nSPS) is 12.1. The number of aryl methyl sites for hydroxylation is 4. The zero-order chi connectivity index (χ0) is 27.8. The molecule has 6 rings (SSSR count). The van der Waals surface area contributed by atoms with Crippen LogP contribution in [0.4, 0.5) is 0 Å². The van der Waals surface area contributed by atoms with Gasteiger partial charge in [0.25, 0.3) is 0 Å². The Balaban J connectivity index is 0.000000189. The minimum Gasteiger partial charge on any atom is -0.0683 e. The van der Waals surface area contributed by atoms with Crippen LogP contribution in [0.3, 0.4) is 0 Å². The molecule has 0 nitrogen and oxygen atoms in total. The van der Waals surface area contributed by atoms with Gasteiger partial charge < -0.3 is 0 Å². The Labute approximate surface area is 236 Å². The van der Waals surface area contributed by atoms with Crippen LogP contribution in [0.15, 0.2) is 115 Å². The van der Waals surface area contributed by atoms with E-state index in [-0.39, 0.29) is 0 Å². The third kappa shape index (κ3) is 6.95. The quantitative estimate of drug-likeness (QED) is 0.225. The summed E-state index contributed by atoms with van der Waals surface area (Å²) in [5.74, 6) is 0.745. The fraction of sp³-hybridized carbons (Fsp3) is 0.231. The average Bonchev–Trinajstić information content (AvgIpc) is 3.82. The first-order valence-electron chi connectivity index (χ1n) is 14.4. The van der Waals surface area contributed by atoms with Crippen LogP contribution in [-0.4, -0.2) is 0 Å². The minimum absolute atomic E-state index is 0.745. The van der Waals surface area contributed by atoms with Crippen LogP contribution in [0.25, 0.3) is 33.4 Å². The monoisotopic (exact) mass is 510 g/mol. The fourth-order valence-corrected chi connectivity index (χ4v) is 5.09. The maximum absolute atomic E-state index is 2.42. The van der Waals surface area contributed by atoms with E-state index in [9.17, 15) is 0 Å². The standard InChI is InChI=1S/C23H22.C14H14.C2H6/c1-16-7-9-18(10-8-16)20-13-14-22(23(15-20)19-11-12-19)21-6-4-3-5-17(21)2;1-11-7-3-5-9-13(11)14-10-6-4-8-12(14)2;1-2/h3-10,13-15,19H,11-12H2,1-2H3;3-10H,1-2H3;1-2H3. The summed E-state index contributed by atoms with van der Waals surface area (Å²) in [6, 6.07) is 41.6. The van der Waals surface area contributed by atoms with Crippen molar-refractivity contribution < 1.29 is 0 Å². The van der Waals surface area contributed by atoms with Crippen molar-refractivity contribution in [3.63, 3.8) is 0 Å². The van der Waals surface area contributed by atoms with E-state index in [1.807, 2.05) is 13.8 Å². The molecule has 0 amide bonds. The van der Waals surface area contributed by atoms with Gasteiger partial charge in [-0.1, -0.05) is 135 Å². The van der Waals surface area contributed by atoms with E-state index in [1.165, 1.54) is 74.0 Å². The van der Waals surface area contributed by atoms with Gasteiger partial charge in [0.1, 0.15) is 0 Å². The minimum atomic E-state index is 0.745. The lowest BCUT2D eigenvalue weighted by atomic mass is 9.90. The van der Waals surface area contributed by atoms with Gasteiger partial charge in [-0.15, -0.1) is 0 Å². The molecule has 1 aliphatic rings. The Morgan fingerprint density at radius 3 is 1.28 bits per heavy atom. The van der Waals surface area contributed by atoms with E-state index in [1.54, 1.807) is 0 Å². The van der Waals surface area contributed by atoms with Crippen molar-refractivity contribution in [1.82, 2.24) is 0 Å². The summed E-state index contributed by atoms with van der Waals surface area (Å²) < 4.78 is 0. The van der Waals surface area contributed by atoms with Gasteiger partial charge in [-0.2, -0.15) is 0 Å². The molecule has 1 fully saturated rings. The molecule has 0 heteroatoms.